The highest BCUT2D eigenvalue weighted by atomic mass is 16.5. The lowest BCUT2D eigenvalue weighted by Crippen LogP contribution is -2.29. The highest BCUT2D eigenvalue weighted by molar-refractivity contribution is 4.81. The number of hydrogen-bond donors (Lipinski definition) is 0. The SMILES string of the molecule is CO[C@H]1CCCC[C@H]1N=[N+]=[N-]. The van der Waals surface area contributed by atoms with Gasteiger partial charge >= 0.3 is 0 Å². The summed E-state index contributed by atoms with van der Waals surface area (Å²) in [6, 6.07) is 0.0683. The van der Waals surface area contributed by atoms with Crippen LogP contribution in [0.25, 0.3) is 10.4 Å². The molecule has 1 rings (SSSR count). The number of ether oxygens (including phenoxy) is 1. The molecule has 1 aliphatic carbocycles. The fourth-order valence-corrected chi connectivity index (χ4v) is 1.55. The predicted molar refractivity (Wildman–Crippen MR) is 42.2 cm³/mol. The molecule has 1 aliphatic rings. The van der Waals surface area contributed by atoms with Gasteiger partial charge in [0.25, 0.3) is 0 Å². The molecule has 0 amide bonds. The van der Waals surface area contributed by atoms with Crippen LogP contribution in [0.5, 0.6) is 0 Å². The summed E-state index contributed by atoms with van der Waals surface area (Å²) in [6.45, 7) is 0. The Morgan fingerprint density at radius 1 is 1.45 bits per heavy atom. The van der Waals surface area contributed by atoms with Crippen molar-refractivity contribution in [3.05, 3.63) is 10.4 Å². The molecule has 0 N–H and O–H groups in total. The van der Waals surface area contributed by atoms with Crippen LogP contribution in [0.4, 0.5) is 0 Å². The third-order valence-corrected chi connectivity index (χ3v) is 2.17. The van der Waals surface area contributed by atoms with Gasteiger partial charge in [0.2, 0.25) is 0 Å². The lowest BCUT2D eigenvalue weighted by molar-refractivity contribution is 0.0547. The molecular formula is C7H13N3O. The summed E-state index contributed by atoms with van der Waals surface area (Å²) >= 11 is 0. The summed E-state index contributed by atoms with van der Waals surface area (Å²) in [4.78, 5) is 2.80. The van der Waals surface area contributed by atoms with Crippen LogP contribution in [0.15, 0.2) is 5.11 Å². The molecule has 4 heteroatoms. The maximum absolute atomic E-state index is 8.23. The fourth-order valence-electron chi connectivity index (χ4n) is 1.55. The van der Waals surface area contributed by atoms with Crippen molar-refractivity contribution >= 4 is 0 Å². The minimum absolute atomic E-state index is 0.0683. The Morgan fingerprint density at radius 2 is 2.18 bits per heavy atom. The Bertz CT molecular complexity index is 165. The first kappa shape index (κ1) is 8.37. The molecule has 0 saturated heterocycles. The van der Waals surface area contributed by atoms with Gasteiger partial charge in [0.1, 0.15) is 0 Å². The average Bonchev–Trinajstić information content (AvgIpc) is 2.06. The Morgan fingerprint density at radius 3 is 2.82 bits per heavy atom. The first-order chi connectivity index (χ1) is 5.38. The molecule has 0 aromatic rings. The van der Waals surface area contributed by atoms with Gasteiger partial charge in [-0.3, -0.25) is 0 Å². The molecule has 0 bridgehead atoms. The van der Waals surface area contributed by atoms with E-state index in [9.17, 15) is 0 Å². The molecule has 0 heterocycles. The first-order valence-corrected chi connectivity index (χ1v) is 3.95. The van der Waals surface area contributed by atoms with E-state index in [4.69, 9.17) is 10.3 Å². The quantitative estimate of drug-likeness (QED) is 0.342. The molecule has 11 heavy (non-hydrogen) atoms. The second-order valence-corrected chi connectivity index (χ2v) is 2.83. The van der Waals surface area contributed by atoms with E-state index in [2.05, 4.69) is 10.0 Å². The molecule has 0 spiro atoms. The standard InChI is InChI=1S/C7H13N3O/c1-11-7-5-3-2-4-6(7)9-10-8/h6-7H,2-5H2,1H3/t6-,7+/m1/s1. The van der Waals surface area contributed by atoms with Gasteiger partial charge in [-0.1, -0.05) is 18.0 Å². The van der Waals surface area contributed by atoms with Crippen molar-refractivity contribution < 1.29 is 4.74 Å². The number of hydrogen-bond acceptors (Lipinski definition) is 2. The summed E-state index contributed by atoms with van der Waals surface area (Å²) in [5, 5.41) is 3.69. The smallest absolute Gasteiger partial charge is 0.0656 e. The minimum Gasteiger partial charge on any atom is -0.381 e. The Balaban J connectivity index is 2.50. The van der Waals surface area contributed by atoms with Crippen molar-refractivity contribution in [2.45, 2.75) is 37.8 Å². The van der Waals surface area contributed by atoms with Crippen LogP contribution in [0, 0.1) is 0 Å². The zero-order chi connectivity index (χ0) is 8.10. The third-order valence-electron chi connectivity index (χ3n) is 2.17. The summed E-state index contributed by atoms with van der Waals surface area (Å²) in [5.74, 6) is 0. The maximum Gasteiger partial charge on any atom is 0.0656 e. The van der Waals surface area contributed by atoms with Gasteiger partial charge in [-0.25, -0.2) is 0 Å². The van der Waals surface area contributed by atoms with E-state index in [1.54, 1.807) is 7.11 Å². The van der Waals surface area contributed by atoms with Gasteiger partial charge in [0.15, 0.2) is 0 Å². The van der Waals surface area contributed by atoms with E-state index in [1.165, 1.54) is 6.42 Å². The molecule has 0 aliphatic heterocycles. The average molecular weight is 155 g/mol. The van der Waals surface area contributed by atoms with Gasteiger partial charge in [-0.05, 0) is 18.4 Å². The summed E-state index contributed by atoms with van der Waals surface area (Å²) in [6.07, 6.45) is 4.50. The van der Waals surface area contributed by atoms with Crippen LogP contribution < -0.4 is 0 Å². The summed E-state index contributed by atoms with van der Waals surface area (Å²) < 4.78 is 5.19. The second kappa shape index (κ2) is 4.21. The zero-order valence-corrected chi connectivity index (χ0v) is 6.73. The fraction of sp³-hybridized carbons (Fsp3) is 1.00. The number of rotatable bonds is 2. The van der Waals surface area contributed by atoms with Crippen molar-refractivity contribution in [2.75, 3.05) is 7.11 Å². The molecule has 0 aromatic heterocycles. The first-order valence-electron chi connectivity index (χ1n) is 3.95. The van der Waals surface area contributed by atoms with Crippen molar-refractivity contribution in [3.63, 3.8) is 0 Å². The number of azide groups is 1. The highest BCUT2D eigenvalue weighted by Crippen LogP contribution is 2.23. The van der Waals surface area contributed by atoms with Crippen molar-refractivity contribution in [1.29, 1.82) is 0 Å². The van der Waals surface area contributed by atoms with Crippen LogP contribution >= 0.6 is 0 Å². The summed E-state index contributed by atoms with van der Waals surface area (Å²) in [7, 11) is 1.68. The monoisotopic (exact) mass is 155 g/mol. The molecule has 4 nitrogen and oxygen atoms in total. The van der Waals surface area contributed by atoms with Gasteiger partial charge in [0.05, 0.1) is 12.1 Å². The third kappa shape index (κ3) is 2.10. The van der Waals surface area contributed by atoms with Gasteiger partial charge in [-0.2, -0.15) is 0 Å². The minimum atomic E-state index is 0.0683. The molecule has 1 fully saturated rings. The van der Waals surface area contributed by atoms with Crippen molar-refractivity contribution in [3.8, 4) is 0 Å². The molecule has 0 radical (unpaired) electrons. The van der Waals surface area contributed by atoms with Gasteiger partial charge in [-0.15, -0.1) is 0 Å². The molecule has 1 saturated carbocycles. The predicted octanol–water partition coefficient (Wildman–Crippen LogP) is 2.25. The van der Waals surface area contributed by atoms with Gasteiger partial charge in [0, 0.05) is 12.0 Å². The molecule has 62 valence electrons. The van der Waals surface area contributed by atoms with E-state index in [0.29, 0.717) is 0 Å². The van der Waals surface area contributed by atoms with E-state index in [-0.39, 0.29) is 12.1 Å². The number of methoxy groups -OCH3 is 1. The Kier molecular flexibility index (Phi) is 3.20. The van der Waals surface area contributed by atoms with Crippen LogP contribution in [-0.4, -0.2) is 19.3 Å². The van der Waals surface area contributed by atoms with E-state index < -0.39 is 0 Å². The zero-order valence-electron chi connectivity index (χ0n) is 6.73. The van der Waals surface area contributed by atoms with Crippen molar-refractivity contribution in [2.24, 2.45) is 5.11 Å². The van der Waals surface area contributed by atoms with Crippen molar-refractivity contribution in [1.82, 2.24) is 0 Å². The molecule has 0 unspecified atom stereocenters. The maximum atomic E-state index is 8.23. The van der Waals surface area contributed by atoms with Crippen LogP contribution in [0.2, 0.25) is 0 Å². The topological polar surface area (TPSA) is 58.0 Å². The number of nitrogens with zero attached hydrogens (tertiary/aromatic N) is 3. The molecule has 0 aromatic carbocycles. The van der Waals surface area contributed by atoms with E-state index in [1.807, 2.05) is 0 Å². The highest BCUT2D eigenvalue weighted by Gasteiger charge is 2.23. The normalized spacial score (nSPS) is 31.0. The Hall–Kier alpha value is -0.730. The van der Waals surface area contributed by atoms with Gasteiger partial charge < -0.3 is 4.74 Å². The van der Waals surface area contributed by atoms with Crippen LogP contribution in [0.3, 0.4) is 0 Å². The van der Waals surface area contributed by atoms with E-state index >= 15 is 0 Å². The molecular weight excluding hydrogens is 142 g/mol. The summed E-state index contributed by atoms with van der Waals surface area (Å²) in [5.41, 5.74) is 8.23. The van der Waals surface area contributed by atoms with Crippen LogP contribution in [-0.2, 0) is 4.74 Å². The van der Waals surface area contributed by atoms with E-state index in [0.717, 1.165) is 19.3 Å². The largest absolute Gasteiger partial charge is 0.381 e. The lowest BCUT2D eigenvalue weighted by atomic mass is 9.93. The second-order valence-electron chi connectivity index (χ2n) is 2.83. The Labute approximate surface area is 66.2 Å². The lowest BCUT2D eigenvalue weighted by Gasteiger charge is -2.26. The van der Waals surface area contributed by atoms with Crippen LogP contribution in [0.1, 0.15) is 25.7 Å². The molecule has 2 atom stereocenters.